The summed E-state index contributed by atoms with van der Waals surface area (Å²) in [6.07, 6.45) is 12.7. The first kappa shape index (κ1) is 14.8. The molecule has 3 heteroatoms. The van der Waals surface area contributed by atoms with E-state index in [2.05, 4.69) is 9.80 Å². The van der Waals surface area contributed by atoms with E-state index >= 15 is 0 Å². The third kappa shape index (κ3) is 3.37. The Kier molecular flexibility index (Phi) is 5.00. The van der Waals surface area contributed by atoms with Crippen molar-refractivity contribution >= 4 is 0 Å². The summed E-state index contributed by atoms with van der Waals surface area (Å²) in [6.45, 7) is 7.40. The Labute approximate surface area is 124 Å². The van der Waals surface area contributed by atoms with E-state index in [0.717, 1.165) is 12.6 Å². The van der Waals surface area contributed by atoms with Crippen molar-refractivity contribution in [1.29, 1.82) is 0 Å². The van der Waals surface area contributed by atoms with Crippen molar-refractivity contribution < 1.29 is 0 Å². The third-order valence-corrected chi connectivity index (χ3v) is 6.08. The van der Waals surface area contributed by atoms with Crippen molar-refractivity contribution in [3.05, 3.63) is 0 Å². The summed E-state index contributed by atoms with van der Waals surface area (Å²) in [5.74, 6) is 0. The molecule has 0 spiro atoms. The topological polar surface area (TPSA) is 32.5 Å². The van der Waals surface area contributed by atoms with Crippen molar-refractivity contribution in [2.45, 2.75) is 63.8 Å². The van der Waals surface area contributed by atoms with Crippen LogP contribution in [0.15, 0.2) is 0 Å². The molecule has 0 amide bonds. The molecule has 0 aromatic heterocycles. The van der Waals surface area contributed by atoms with Gasteiger partial charge in [-0.05, 0) is 44.2 Å². The van der Waals surface area contributed by atoms with Gasteiger partial charge in [0.25, 0.3) is 0 Å². The maximum Gasteiger partial charge on any atom is 0.0223 e. The number of fused-ring (bicyclic) bond motifs is 1. The normalized spacial score (nSPS) is 32.5. The van der Waals surface area contributed by atoms with Crippen molar-refractivity contribution in [2.75, 3.05) is 39.3 Å². The molecule has 0 radical (unpaired) electrons. The van der Waals surface area contributed by atoms with Crippen LogP contribution >= 0.6 is 0 Å². The fourth-order valence-corrected chi connectivity index (χ4v) is 4.74. The highest BCUT2D eigenvalue weighted by Gasteiger charge is 2.35. The van der Waals surface area contributed by atoms with Crippen LogP contribution in [-0.2, 0) is 0 Å². The van der Waals surface area contributed by atoms with Crippen LogP contribution in [-0.4, -0.2) is 55.1 Å². The summed E-state index contributed by atoms with van der Waals surface area (Å²) >= 11 is 0. The summed E-state index contributed by atoms with van der Waals surface area (Å²) in [4.78, 5) is 5.49. The Morgan fingerprint density at radius 3 is 2.45 bits per heavy atom. The highest BCUT2D eigenvalue weighted by Crippen LogP contribution is 2.35. The molecule has 1 aliphatic carbocycles. The molecular weight excluding hydrogens is 246 g/mol. The molecule has 20 heavy (non-hydrogen) atoms. The molecule has 3 rings (SSSR count). The minimum absolute atomic E-state index is 0.438. The largest absolute Gasteiger partial charge is 0.330 e. The molecule has 3 aliphatic rings. The molecule has 3 fully saturated rings. The molecule has 2 heterocycles. The molecule has 0 aromatic rings. The molecule has 3 nitrogen and oxygen atoms in total. The molecule has 0 aromatic carbocycles. The second-order valence-corrected chi connectivity index (χ2v) is 7.54. The van der Waals surface area contributed by atoms with Crippen molar-refractivity contribution in [1.82, 2.24) is 9.80 Å². The van der Waals surface area contributed by atoms with E-state index in [1.165, 1.54) is 90.5 Å². The lowest BCUT2D eigenvalue weighted by atomic mass is 9.79. The number of nitrogens with two attached hydrogens (primary N) is 1. The Bertz CT molecular complexity index is 297. The zero-order valence-corrected chi connectivity index (χ0v) is 13.2. The molecule has 0 bridgehead atoms. The smallest absolute Gasteiger partial charge is 0.0223 e. The standard InChI is InChI=1S/C17H33N3/c18-14-17(8-4-1-2-5-9-17)15-19-11-12-20-10-6-3-7-16(20)13-19/h16H,1-15,18H2. The maximum atomic E-state index is 6.22. The van der Waals surface area contributed by atoms with Crippen LogP contribution in [0.5, 0.6) is 0 Å². The first-order valence-electron chi connectivity index (χ1n) is 8.98. The Balaban J connectivity index is 1.58. The maximum absolute atomic E-state index is 6.22. The second kappa shape index (κ2) is 6.76. The zero-order chi connectivity index (χ0) is 13.8. The number of nitrogens with zero attached hydrogens (tertiary/aromatic N) is 2. The monoisotopic (exact) mass is 279 g/mol. The lowest BCUT2D eigenvalue weighted by molar-refractivity contribution is 0.0235. The van der Waals surface area contributed by atoms with Crippen LogP contribution in [0.4, 0.5) is 0 Å². The van der Waals surface area contributed by atoms with Gasteiger partial charge in [0.2, 0.25) is 0 Å². The first-order valence-corrected chi connectivity index (χ1v) is 8.98. The van der Waals surface area contributed by atoms with E-state index in [-0.39, 0.29) is 0 Å². The zero-order valence-electron chi connectivity index (χ0n) is 13.2. The molecular formula is C17H33N3. The SMILES string of the molecule is NCC1(CN2CCN3CCCCC3C2)CCCCCC1. The summed E-state index contributed by atoms with van der Waals surface area (Å²) in [6, 6.07) is 0.845. The van der Waals surface area contributed by atoms with Crippen LogP contribution in [0.1, 0.15) is 57.8 Å². The number of hydrogen-bond acceptors (Lipinski definition) is 3. The molecule has 2 saturated heterocycles. The van der Waals surface area contributed by atoms with Crippen LogP contribution in [0.2, 0.25) is 0 Å². The predicted molar refractivity (Wildman–Crippen MR) is 84.8 cm³/mol. The van der Waals surface area contributed by atoms with Gasteiger partial charge in [-0.3, -0.25) is 9.80 Å². The quantitative estimate of drug-likeness (QED) is 0.806. The molecule has 1 unspecified atom stereocenters. The highest BCUT2D eigenvalue weighted by atomic mass is 15.3. The average Bonchev–Trinajstić information content (AvgIpc) is 2.73. The third-order valence-electron chi connectivity index (χ3n) is 6.08. The molecule has 1 atom stereocenters. The molecule has 116 valence electrons. The molecule has 2 N–H and O–H groups in total. The van der Waals surface area contributed by atoms with E-state index in [9.17, 15) is 0 Å². The Morgan fingerprint density at radius 1 is 0.900 bits per heavy atom. The highest BCUT2D eigenvalue weighted by molar-refractivity contribution is 4.91. The minimum atomic E-state index is 0.438. The van der Waals surface area contributed by atoms with Gasteiger partial charge in [-0.2, -0.15) is 0 Å². The van der Waals surface area contributed by atoms with Gasteiger partial charge in [0, 0.05) is 32.2 Å². The van der Waals surface area contributed by atoms with Crippen molar-refractivity contribution in [3.8, 4) is 0 Å². The van der Waals surface area contributed by atoms with Gasteiger partial charge in [0.1, 0.15) is 0 Å². The van der Waals surface area contributed by atoms with E-state index < -0.39 is 0 Å². The first-order chi connectivity index (χ1) is 9.81. The Hall–Kier alpha value is -0.120. The number of hydrogen-bond donors (Lipinski definition) is 1. The van der Waals surface area contributed by atoms with Crippen LogP contribution in [0.3, 0.4) is 0 Å². The summed E-state index contributed by atoms with van der Waals surface area (Å²) in [7, 11) is 0. The van der Waals surface area contributed by atoms with Gasteiger partial charge in [-0.15, -0.1) is 0 Å². The van der Waals surface area contributed by atoms with Crippen molar-refractivity contribution in [3.63, 3.8) is 0 Å². The van der Waals surface area contributed by atoms with Gasteiger partial charge in [0.05, 0.1) is 0 Å². The van der Waals surface area contributed by atoms with E-state index in [1.54, 1.807) is 0 Å². The van der Waals surface area contributed by atoms with Crippen molar-refractivity contribution in [2.24, 2.45) is 11.1 Å². The van der Waals surface area contributed by atoms with Gasteiger partial charge in [0.15, 0.2) is 0 Å². The molecule has 1 saturated carbocycles. The predicted octanol–water partition coefficient (Wildman–Crippen LogP) is 2.46. The van der Waals surface area contributed by atoms with Crippen LogP contribution in [0.25, 0.3) is 0 Å². The fraction of sp³-hybridized carbons (Fsp3) is 1.00. The number of piperidine rings is 1. The minimum Gasteiger partial charge on any atom is -0.330 e. The van der Waals surface area contributed by atoms with E-state index in [0.29, 0.717) is 5.41 Å². The number of rotatable bonds is 3. The van der Waals surface area contributed by atoms with Gasteiger partial charge in [-0.1, -0.05) is 32.1 Å². The lowest BCUT2D eigenvalue weighted by Crippen LogP contribution is -2.57. The summed E-state index contributed by atoms with van der Waals surface area (Å²) in [5, 5.41) is 0. The van der Waals surface area contributed by atoms with Gasteiger partial charge in [-0.25, -0.2) is 0 Å². The number of piperazine rings is 1. The fourth-order valence-electron chi connectivity index (χ4n) is 4.74. The van der Waals surface area contributed by atoms with Gasteiger partial charge < -0.3 is 5.73 Å². The Morgan fingerprint density at radius 2 is 1.70 bits per heavy atom. The van der Waals surface area contributed by atoms with E-state index in [4.69, 9.17) is 5.73 Å². The lowest BCUT2D eigenvalue weighted by Gasteiger charge is -2.47. The molecule has 2 aliphatic heterocycles. The average molecular weight is 279 g/mol. The summed E-state index contributed by atoms with van der Waals surface area (Å²) in [5.41, 5.74) is 6.66. The second-order valence-electron chi connectivity index (χ2n) is 7.54. The van der Waals surface area contributed by atoms with E-state index in [1.807, 2.05) is 0 Å². The summed E-state index contributed by atoms with van der Waals surface area (Å²) < 4.78 is 0. The van der Waals surface area contributed by atoms with Crippen LogP contribution in [0, 0.1) is 5.41 Å². The van der Waals surface area contributed by atoms with Crippen LogP contribution < -0.4 is 5.73 Å². The van der Waals surface area contributed by atoms with Gasteiger partial charge >= 0.3 is 0 Å².